The molecule has 0 spiro atoms. The van der Waals surface area contributed by atoms with Gasteiger partial charge in [0.2, 0.25) is 0 Å². The van der Waals surface area contributed by atoms with Gasteiger partial charge in [-0.1, -0.05) is 22.0 Å². The topological polar surface area (TPSA) is 27.8 Å². The molecule has 0 bridgehead atoms. The summed E-state index contributed by atoms with van der Waals surface area (Å²) in [7, 11) is 0. The van der Waals surface area contributed by atoms with E-state index in [1.54, 1.807) is 0 Å². The molecule has 2 atom stereocenters. The van der Waals surface area contributed by atoms with Gasteiger partial charge in [-0.25, -0.2) is 0 Å². The van der Waals surface area contributed by atoms with Crippen LogP contribution in [0.15, 0.2) is 40.2 Å². The SMILES string of the molecule is CC(NC1CCCc2c1[nH]c1ccc(Br)cc21)c1cccs1. The Kier molecular flexibility index (Phi) is 3.84. The van der Waals surface area contributed by atoms with E-state index >= 15 is 0 Å². The van der Waals surface area contributed by atoms with E-state index in [0.29, 0.717) is 12.1 Å². The molecule has 2 heterocycles. The number of rotatable bonds is 3. The number of hydrogen-bond donors (Lipinski definition) is 2. The Morgan fingerprint density at radius 2 is 2.27 bits per heavy atom. The highest BCUT2D eigenvalue weighted by molar-refractivity contribution is 9.10. The van der Waals surface area contributed by atoms with Crippen LogP contribution in [0.5, 0.6) is 0 Å². The fraction of sp³-hybridized carbons (Fsp3) is 0.333. The average Bonchev–Trinajstić information content (AvgIpc) is 3.15. The van der Waals surface area contributed by atoms with Crippen molar-refractivity contribution in [2.45, 2.75) is 38.3 Å². The largest absolute Gasteiger partial charge is 0.357 e. The molecular formula is C18H19BrN2S. The Bertz CT molecular complexity index is 791. The van der Waals surface area contributed by atoms with Gasteiger partial charge < -0.3 is 10.3 Å². The molecule has 3 aromatic rings. The first-order valence-electron chi connectivity index (χ1n) is 7.82. The lowest BCUT2D eigenvalue weighted by Gasteiger charge is -2.27. The predicted octanol–water partition coefficient (Wildman–Crippen LogP) is 5.72. The van der Waals surface area contributed by atoms with E-state index in [2.05, 4.69) is 68.9 Å². The molecular weight excluding hydrogens is 356 g/mol. The van der Waals surface area contributed by atoms with Crippen molar-refractivity contribution in [3.63, 3.8) is 0 Å². The molecule has 1 aliphatic carbocycles. The number of nitrogens with one attached hydrogen (secondary N) is 2. The summed E-state index contributed by atoms with van der Waals surface area (Å²) in [5.41, 5.74) is 4.15. The molecule has 114 valence electrons. The number of aromatic nitrogens is 1. The Morgan fingerprint density at radius 1 is 1.36 bits per heavy atom. The number of benzene rings is 1. The van der Waals surface area contributed by atoms with Crippen LogP contribution in [0.4, 0.5) is 0 Å². The highest BCUT2D eigenvalue weighted by atomic mass is 79.9. The van der Waals surface area contributed by atoms with E-state index in [1.807, 2.05) is 11.3 Å². The van der Waals surface area contributed by atoms with Crippen LogP contribution in [0.1, 0.15) is 48.0 Å². The second-order valence-electron chi connectivity index (χ2n) is 6.06. The third-order valence-electron chi connectivity index (χ3n) is 4.59. The van der Waals surface area contributed by atoms with E-state index in [4.69, 9.17) is 0 Å². The van der Waals surface area contributed by atoms with Crippen LogP contribution in [0, 0.1) is 0 Å². The minimum Gasteiger partial charge on any atom is -0.357 e. The fourth-order valence-electron chi connectivity index (χ4n) is 3.52. The lowest BCUT2D eigenvalue weighted by molar-refractivity contribution is 0.413. The zero-order chi connectivity index (χ0) is 15.1. The molecule has 2 nitrogen and oxygen atoms in total. The molecule has 4 rings (SSSR count). The third kappa shape index (κ3) is 2.53. The second kappa shape index (κ2) is 5.84. The Hall–Kier alpha value is -1.10. The third-order valence-corrected chi connectivity index (χ3v) is 6.14. The number of hydrogen-bond acceptors (Lipinski definition) is 2. The van der Waals surface area contributed by atoms with Gasteiger partial charge in [-0.2, -0.15) is 0 Å². The summed E-state index contributed by atoms with van der Waals surface area (Å²) in [5.74, 6) is 0. The van der Waals surface area contributed by atoms with Crippen LogP contribution >= 0.6 is 27.3 Å². The maximum absolute atomic E-state index is 3.82. The van der Waals surface area contributed by atoms with Crippen LogP contribution in [0.3, 0.4) is 0 Å². The molecule has 0 amide bonds. The van der Waals surface area contributed by atoms with Crippen molar-refractivity contribution in [3.8, 4) is 0 Å². The van der Waals surface area contributed by atoms with Crippen LogP contribution in [0.2, 0.25) is 0 Å². The first-order valence-corrected chi connectivity index (χ1v) is 9.49. The van der Waals surface area contributed by atoms with Gasteiger partial charge in [-0.15, -0.1) is 11.3 Å². The molecule has 1 aromatic carbocycles. The van der Waals surface area contributed by atoms with E-state index in [9.17, 15) is 0 Å². The van der Waals surface area contributed by atoms with Crippen molar-refractivity contribution >= 4 is 38.2 Å². The predicted molar refractivity (Wildman–Crippen MR) is 97.5 cm³/mol. The van der Waals surface area contributed by atoms with E-state index < -0.39 is 0 Å². The molecule has 0 fully saturated rings. The van der Waals surface area contributed by atoms with Crippen LogP contribution in [-0.2, 0) is 6.42 Å². The van der Waals surface area contributed by atoms with E-state index in [-0.39, 0.29) is 0 Å². The molecule has 2 N–H and O–H groups in total. The smallest absolute Gasteiger partial charge is 0.0481 e. The lowest BCUT2D eigenvalue weighted by atomic mass is 9.91. The number of thiophene rings is 1. The summed E-state index contributed by atoms with van der Waals surface area (Å²) < 4.78 is 1.16. The quantitative estimate of drug-likeness (QED) is 0.602. The van der Waals surface area contributed by atoms with Crippen molar-refractivity contribution in [1.29, 1.82) is 0 Å². The minimum atomic E-state index is 0.397. The van der Waals surface area contributed by atoms with Crippen LogP contribution in [0.25, 0.3) is 10.9 Å². The molecule has 0 aliphatic heterocycles. The van der Waals surface area contributed by atoms with Gasteiger partial charge in [0.25, 0.3) is 0 Å². The fourth-order valence-corrected chi connectivity index (χ4v) is 4.63. The molecule has 1 aliphatic rings. The van der Waals surface area contributed by atoms with Gasteiger partial charge in [-0.05, 0) is 61.4 Å². The van der Waals surface area contributed by atoms with Crippen molar-refractivity contribution in [2.24, 2.45) is 0 Å². The van der Waals surface area contributed by atoms with Crippen molar-refractivity contribution < 1.29 is 0 Å². The Balaban J connectivity index is 1.68. The summed E-state index contributed by atoms with van der Waals surface area (Å²) >= 11 is 5.43. The van der Waals surface area contributed by atoms with Gasteiger partial charge in [0.05, 0.1) is 0 Å². The van der Waals surface area contributed by atoms with Gasteiger partial charge in [-0.3, -0.25) is 0 Å². The molecule has 0 saturated heterocycles. The van der Waals surface area contributed by atoms with E-state index in [1.165, 1.54) is 46.3 Å². The summed E-state index contributed by atoms with van der Waals surface area (Å²) in [5, 5.41) is 7.35. The average molecular weight is 375 g/mol. The monoisotopic (exact) mass is 374 g/mol. The molecule has 4 heteroatoms. The molecule has 0 saturated carbocycles. The number of halogens is 1. The molecule has 22 heavy (non-hydrogen) atoms. The standard InChI is InChI=1S/C18H19BrN2S/c1-11(17-6-3-9-22-17)20-16-5-2-4-13-14-10-12(19)7-8-15(14)21-18(13)16/h3,6-11,16,20-21H,2,4-5H2,1H3. The number of fused-ring (bicyclic) bond motifs is 3. The molecule has 2 unspecified atom stereocenters. The Labute approximate surface area is 143 Å². The normalized spacial score (nSPS) is 19.3. The van der Waals surface area contributed by atoms with Gasteiger partial charge in [0.1, 0.15) is 0 Å². The van der Waals surface area contributed by atoms with Crippen LogP contribution < -0.4 is 5.32 Å². The van der Waals surface area contributed by atoms with E-state index in [0.717, 1.165) is 4.47 Å². The van der Waals surface area contributed by atoms with Crippen molar-refractivity contribution in [1.82, 2.24) is 10.3 Å². The zero-order valence-electron chi connectivity index (χ0n) is 12.5. The summed E-state index contributed by atoms with van der Waals surface area (Å²) in [6.45, 7) is 2.26. The minimum absolute atomic E-state index is 0.397. The first kappa shape index (κ1) is 14.5. The zero-order valence-corrected chi connectivity index (χ0v) is 14.9. The Morgan fingerprint density at radius 3 is 3.09 bits per heavy atom. The summed E-state index contributed by atoms with van der Waals surface area (Å²) in [6.07, 6.45) is 3.63. The number of aromatic amines is 1. The molecule has 0 radical (unpaired) electrons. The number of aryl methyl sites for hydroxylation is 1. The lowest BCUT2D eigenvalue weighted by Crippen LogP contribution is -2.27. The maximum Gasteiger partial charge on any atom is 0.0481 e. The van der Waals surface area contributed by atoms with Gasteiger partial charge in [0, 0.05) is 38.0 Å². The maximum atomic E-state index is 3.82. The highest BCUT2D eigenvalue weighted by Crippen LogP contribution is 2.37. The molecule has 2 aromatic heterocycles. The van der Waals surface area contributed by atoms with Crippen LogP contribution in [-0.4, -0.2) is 4.98 Å². The second-order valence-corrected chi connectivity index (χ2v) is 7.95. The van der Waals surface area contributed by atoms with Gasteiger partial charge in [0.15, 0.2) is 0 Å². The van der Waals surface area contributed by atoms with Crippen molar-refractivity contribution in [3.05, 3.63) is 56.3 Å². The summed E-state index contributed by atoms with van der Waals surface area (Å²) in [6, 6.07) is 11.7. The summed E-state index contributed by atoms with van der Waals surface area (Å²) in [4.78, 5) is 5.07. The first-order chi connectivity index (χ1) is 10.7. The van der Waals surface area contributed by atoms with Gasteiger partial charge >= 0.3 is 0 Å². The number of H-pyrrole nitrogens is 1. The van der Waals surface area contributed by atoms with Crippen molar-refractivity contribution in [2.75, 3.05) is 0 Å². The highest BCUT2D eigenvalue weighted by Gasteiger charge is 2.25.